The Morgan fingerprint density at radius 3 is 2.05 bits per heavy atom. The fourth-order valence-corrected chi connectivity index (χ4v) is 1.62. The van der Waals surface area contributed by atoms with Crippen LogP contribution in [0.2, 0.25) is 0 Å². The van der Waals surface area contributed by atoms with Crippen molar-refractivity contribution in [1.29, 1.82) is 0 Å². The van der Waals surface area contributed by atoms with Crippen molar-refractivity contribution >= 4 is 17.7 Å². The number of rotatable bonds is 7. The third kappa shape index (κ3) is 6.35. The van der Waals surface area contributed by atoms with E-state index in [4.69, 9.17) is 5.11 Å². The van der Waals surface area contributed by atoms with E-state index in [0.717, 1.165) is 11.1 Å². The van der Waals surface area contributed by atoms with Gasteiger partial charge in [-0.1, -0.05) is 24.3 Å². The van der Waals surface area contributed by atoms with Gasteiger partial charge < -0.3 is 10.4 Å². The van der Waals surface area contributed by atoms with Crippen LogP contribution in [0.3, 0.4) is 0 Å². The van der Waals surface area contributed by atoms with Crippen molar-refractivity contribution in [1.82, 2.24) is 5.32 Å². The molecule has 1 amide bonds. The number of hydrogen-bond acceptors (Lipinski definition) is 3. The maximum atomic E-state index is 11.5. The Kier molecular flexibility index (Phi) is 5.73. The number of nitrogens with one attached hydrogen (secondary N) is 1. The Bertz CT molecular complexity index is 465. The minimum atomic E-state index is -0.936. The Labute approximate surface area is 111 Å². The molecule has 0 saturated carbocycles. The van der Waals surface area contributed by atoms with Gasteiger partial charge in [-0.25, -0.2) is 0 Å². The lowest BCUT2D eigenvalue weighted by Gasteiger charge is -2.04. The number of amides is 1. The van der Waals surface area contributed by atoms with Crippen LogP contribution in [-0.4, -0.2) is 29.3 Å². The molecule has 0 atom stereocenters. The summed E-state index contributed by atoms with van der Waals surface area (Å²) in [7, 11) is 0. The van der Waals surface area contributed by atoms with Crippen molar-refractivity contribution in [3.05, 3.63) is 35.4 Å². The molecule has 0 bridgehead atoms. The molecule has 5 nitrogen and oxygen atoms in total. The quantitative estimate of drug-likeness (QED) is 0.767. The van der Waals surface area contributed by atoms with Crippen LogP contribution in [0.1, 0.15) is 24.5 Å². The predicted octanol–water partition coefficient (Wildman–Crippen LogP) is 0.951. The smallest absolute Gasteiger partial charge is 0.305 e. The van der Waals surface area contributed by atoms with Crippen LogP contribution in [0, 0.1) is 0 Å². The number of hydrogen-bond donors (Lipinski definition) is 2. The van der Waals surface area contributed by atoms with Gasteiger partial charge in [0.05, 0.1) is 12.8 Å². The van der Waals surface area contributed by atoms with E-state index in [1.807, 2.05) is 12.1 Å². The summed E-state index contributed by atoms with van der Waals surface area (Å²) in [6, 6.07) is 7.24. The first-order valence-corrected chi connectivity index (χ1v) is 6.03. The standard InChI is InChI=1S/C14H17NO4/c1-10(16)8-11-2-4-12(5-3-11)9-13(17)15-7-6-14(18)19/h2-5H,6-9H2,1H3,(H,15,17)(H,18,19). The number of ketones is 1. The first kappa shape index (κ1) is 14.9. The SMILES string of the molecule is CC(=O)Cc1ccc(CC(=O)NCCC(=O)O)cc1. The van der Waals surface area contributed by atoms with Crippen LogP contribution in [0.25, 0.3) is 0 Å². The Balaban J connectivity index is 2.42. The summed E-state index contributed by atoms with van der Waals surface area (Å²) in [6.07, 6.45) is 0.522. The molecule has 0 heterocycles. The highest BCUT2D eigenvalue weighted by atomic mass is 16.4. The summed E-state index contributed by atoms with van der Waals surface area (Å²) in [4.78, 5) is 32.7. The van der Waals surface area contributed by atoms with Crippen LogP contribution >= 0.6 is 0 Å². The van der Waals surface area contributed by atoms with E-state index in [0.29, 0.717) is 6.42 Å². The molecule has 5 heteroatoms. The molecule has 0 aliphatic rings. The lowest BCUT2D eigenvalue weighted by Crippen LogP contribution is -2.27. The largest absolute Gasteiger partial charge is 0.481 e. The van der Waals surface area contributed by atoms with E-state index in [2.05, 4.69) is 5.32 Å². The first-order valence-electron chi connectivity index (χ1n) is 6.03. The molecule has 0 radical (unpaired) electrons. The fraction of sp³-hybridized carbons (Fsp3) is 0.357. The second-order valence-electron chi connectivity index (χ2n) is 4.37. The zero-order chi connectivity index (χ0) is 14.3. The molecular weight excluding hydrogens is 246 g/mol. The second kappa shape index (κ2) is 7.31. The normalized spacial score (nSPS) is 9.95. The fourth-order valence-electron chi connectivity index (χ4n) is 1.62. The molecule has 102 valence electrons. The molecule has 0 aliphatic carbocycles. The van der Waals surface area contributed by atoms with E-state index in [1.54, 1.807) is 12.1 Å². The Hall–Kier alpha value is -2.17. The highest BCUT2D eigenvalue weighted by Crippen LogP contribution is 2.06. The molecule has 19 heavy (non-hydrogen) atoms. The summed E-state index contributed by atoms with van der Waals surface area (Å²) in [5, 5.41) is 11.0. The van der Waals surface area contributed by atoms with Crippen molar-refractivity contribution in [2.45, 2.75) is 26.2 Å². The maximum Gasteiger partial charge on any atom is 0.305 e. The minimum absolute atomic E-state index is 0.0801. The zero-order valence-corrected chi connectivity index (χ0v) is 10.8. The number of benzene rings is 1. The summed E-state index contributed by atoms with van der Waals surface area (Å²) in [5.74, 6) is -1.05. The third-order valence-corrected chi connectivity index (χ3v) is 2.50. The van der Waals surface area contributed by atoms with E-state index in [1.165, 1.54) is 6.92 Å². The van der Waals surface area contributed by atoms with Crippen LogP contribution in [0.4, 0.5) is 0 Å². The second-order valence-corrected chi connectivity index (χ2v) is 4.37. The van der Waals surface area contributed by atoms with E-state index < -0.39 is 5.97 Å². The summed E-state index contributed by atoms with van der Waals surface area (Å²) in [6.45, 7) is 1.67. The molecule has 0 spiro atoms. The monoisotopic (exact) mass is 263 g/mol. The van der Waals surface area contributed by atoms with Gasteiger partial charge in [-0.05, 0) is 18.1 Å². The first-order chi connectivity index (χ1) is 8.97. The van der Waals surface area contributed by atoms with Crippen LogP contribution in [0.5, 0.6) is 0 Å². The number of carboxylic acids is 1. The van der Waals surface area contributed by atoms with Crippen LogP contribution < -0.4 is 5.32 Å². The lowest BCUT2D eigenvalue weighted by molar-refractivity contribution is -0.137. The summed E-state index contributed by atoms with van der Waals surface area (Å²) in [5.41, 5.74) is 1.75. The number of Topliss-reactive ketones (excluding diaryl/α,β-unsaturated/α-hetero) is 1. The van der Waals surface area contributed by atoms with Crippen molar-refractivity contribution in [3.8, 4) is 0 Å². The Morgan fingerprint density at radius 1 is 1.05 bits per heavy atom. The van der Waals surface area contributed by atoms with Crippen molar-refractivity contribution in [2.24, 2.45) is 0 Å². The van der Waals surface area contributed by atoms with Gasteiger partial charge in [-0.15, -0.1) is 0 Å². The highest BCUT2D eigenvalue weighted by molar-refractivity contribution is 5.79. The summed E-state index contributed by atoms with van der Waals surface area (Å²) < 4.78 is 0. The Morgan fingerprint density at radius 2 is 1.58 bits per heavy atom. The lowest BCUT2D eigenvalue weighted by atomic mass is 10.1. The topological polar surface area (TPSA) is 83.5 Å². The van der Waals surface area contributed by atoms with E-state index in [-0.39, 0.29) is 31.1 Å². The van der Waals surface area contributed by atoms with Gasteiger partial charge in [0.25, 0.3) is 0 Å². The van der Waals surface area contributed by atoms with Gasteiger partial charge in [0.15, 0.2) is 0 Å². The molecule has 0 fully saturated rings. The molecule has 0 aromatic heterocycles. The maximum absolute atomic E-state index is 11.5. The third-order valence-electron chi connectivity index (χ3n) is 2.50. The molecular formula is C14H17NO4. The van der Waals surface area contributed by atoms with Gasteiger partial charge >= 0.3 is 5.97 Å². The minimum Gasteiger partial charge on any atom is -0.481 e. The van der Waals surface area contributed by atoms with Crippen molar-refractivity contribution in [2.75, 3.05) is 6.54 Å². The number of carbonyl (C=O) groups is 3. The number of aliphatic carboxylic acids is 1. The van der Waals surface area contributed by atoms with Crippen LogP contribution in [0.15, 0.2) is 24.3 Å². The molecule has 1 aromatic rings. The molecule has 0 saturated heterocycles. The molecule has 1 aromatic carbocycles. The van der Waals surface area contributed by atoms with Gasteiger partial charge in [0.2, 0.25) is 5.91 Å². The van der Waals surface area contributed by atoms with Gasteiger partial charge in [-0.3, -0.25) is 14.4 Å². The average molecular weight is 263 g/mol. The van der Waals surface area contributed by atoms with Crippen molar-refractivity contribution < 1.29 is 19.5 Å². The number of carboxylic acid groups (broad SMARTS) is 1. The van der Waals surface area contributed by atoms with E-state index in [9.17, 15) is 14.4 Å². The zero-order valence-electron chi connectivity index (χ0n) is 10.8. The van der Waals surface area contributed by atoms with Gasteiger partial charge in [-0.2, -0.15) is 0 Å². The molecule has 0 aliphatic heterocycles. The predicted molar refractivity (Wildman–Crippen MR) is 69.8 cm³/mol. The number of carbonyl (C=O) groups excluding carboxylic acids is 2. The molecule has 2 N–H and O–H groups in total. The average Bonchev–Trinajstić information content (AvgIpc) is 2.30. The van der Waals surface area contributed by atoms with Crippen molar-refractivity contribution in [3.63, 3.8) is 0 Å². The molecule has 0 unspecified atom stereocenters. The van der Waals surface area contributed by atoms with Crippen LogP contribution in [-0.2, 0) is 27.2 Å². The highest BCUT2D eigenvalue weighted by Gasteiger charge is 2.05. The summed E-state index contributed by atoms with van der Waals surface area (Å²) >= 11 is 0. The van der Waals surface area contributed by atoms with Gasteiger partial charge in [0.1, 0.15) is 5.78 Å². The molecule has 1 rings (SSSR count). The van der Waals surface area contributed by atoms with E-state index >= 15 is 0 Å². The van der Waals surface area contributed by atoms with Gasteiger partial charge in [0, 0.05) is 13.0 Å².